The molecular formula is C23H22FN3O4S. The van der Waals surface area contributed by atoms with Gasteiger partial charge in [0, 0.05) is 23.7 Å². The number of para-hydroxylation sites is 1. The number of aromatic amines is 1. The van der Waals surface area contributed by atoms with Gasteiger partial charge >= 0.3 is 0 Å². The molecule has 166 valence electrons. The minimum absolute atomic E-state index is 0.0903. The van der Waals surface area contributed by atoms with Crippen LogP contribution >= 0.6 is 11.8 Å². The fraction of sp³-hybridized carbons (Fsp3) is 0.261. The van der Waals surface area contributed by atoms with Crippen LogP contribution in [0.1, 0.15) is 36.0 Å². The smallest absolute Gasteiger partial charge is 0.257 e. The normalized spacial score (nSPS) is 15.1. The molecule has 0 spiro atoms. The number of nitrogens with zero attached hydrogens (tertiary/aromatic N) is 1. The first-order valence-electron chi connectivity index (χ1n) is 10.1. The van der Waals surface area contributed by atoms with E-state index in [2.05, 4.69) is 15.3 Å². The highest BCUT2D eigenvalue weighted by molar-refractivity contribution is 7.98. The van der Waals surface area contributed by atoms with Crippen molar-refractivity contribution in [3.63, 3.8) is 0 Å². The van der Waals surface area contributed by atoms with Crippen LogP contribution in [-0.2, 0) is 10.5 Å². The number of hydrogen-bond acceptors (Lipinski definition) is 6. The summed E-state index contributed by atoms with van der Waals surface area (Å²) in [6.45, 7) is 2.27. The van der Waals surface area contributed by atoms with Crippen LogP contribution in [0.5, 0.6) is 11.5 Å². The molecule has 0 bridgehead atoms. The van der Waals surface area contributed by atoms with Gasteiger partial charge in [0.1, 0.15) is 11.6 Å². The van der Waals surface area contributed by atoms with Gasteiger partial charge in [-0.2, -0.15) is 0 Å². The Morgan fingerprint density at radius 2 is 1.97 bits per heavy atom. The summed E-state index contributed by atoms with van der Waals surface area (Å²) in [4.78, 5) is 32.9. The van der Waals surface area contributed by atoms with E-state index in [0.29, 0.717) is 40.1 Å². The van der Waals surface area contributed by atoms with Crippen molar-refractivity contribution in [2.24, 2.45) is 0 Å². The van der Waals surface area contributed by atoms with Crippen LogP contribution < -0.4 is 20.3 Å². The highest BCUT2D eigenvalue weighted by atomic mass is 32.2. The van der Waals surface area contributed by atoms with Crippen molar-refractivity contribution in [3.8, 4) is 11.5 Å². The summed E-state index contributed by atoms with van der Waals surface area (Å²) in [6, 6.07) is 11.5. The topological polar surface area (TPSA) is 93.3 Å². The number of aromatic nitrogens is 2. The number of methoxy groups -OCH3 is 1. The third-order valence-electron chi connectivity index (χ3n) is 5.11. The van der Waals surface area contributed by atoms with E-state index in [-0.39, 0.29) is 29.5 Å². The molecule has 9 heteroatoms. The second-order valence-electron chi connectivity index (χ2n) is 7.17. The molecular weight excluding hydrogens is 433 g/mol. The summed E-state index contributed by atoms with van der Waals surface area (Å²) in [6.07, 6.45) is 0.0903. The number of fused-ring (bicyclic) bond motifs is 1. The van der Waals surface area contributed by atoms with Crippen molar-refractivity contribution in [1.82, 2.24) is 9.97 Å². The third-order valence-corrected chi connectivity index (χ3v) is 6.06. The van der Waals surface area contributed by atoms with Gasteiger partial charge in [-0.05, 0) is 30.7 Å². The highest BCUT2D eigenvalue weighted by Crippen LogP contribution is 2.42. The van der Waals surface area contributed by atoms with E-state index in [9.17, 15) is 14.0 Å². The molecule has 0 saturated carbocycles. The quantitative estimate of drug-likeness (QED) is 0.412. The van der Waals surface area contributed by atoms with Crippen molar-refractivity contribution in [2.75, 3.05) is 19.0 Å². The predicted molar refractivity (Wildman–Crippen MR) is 120 cm³/mol. The van der Waals surface area contributed by atoms with Gasteiger partial charge in [0.15, 0.2) is 16.7 Å². The fourth-order valence-electron chi connectivity index (χ4n) is 3.68. The molecule has 4 rings (SSSR count). The SMILES string of the molecule is CCOc1c(OC)cccc1[C@H]1CC(=O)Nc2nc(SCc3ccc(F)cc3)[nH]c(=O)c21. The molecule has 2 aromatic carbocycles. The minimum atomic E-state index is -0.525. The number of nitrogens with one attached hydrogen (secondary N) is 2. The Hall–Kier alpha value is -3.33. The van der Waals surface area contributed by atoms with Crippen LogP contribution in [0, 0.1) is 5.82 Å². The van der Waals surface area contributed by atoms with E-state index in [1.165, 1.54) is 23.9 Å². The Balaban J connectivity index is 1.70. The Labute approximate surface area is 188 Å². The van der Waals surface area contributed by atoms with Crippen molar-refractivity contribution >= 4 is 23.5 Å². The van der Waals surface area contributed by atoms with Crippen LogP contribution in [0.3, 0.4) is 0 Å². The van der Waals surface area contributed by atoms with Gasteiger partial charge in [-0.25, -0.2) is 9.37 Å². The van der Waals surface area contributed by atoms with Gasteiger partial charge in [0.05, 0.1) is 19.3 Å². The second-order valence-corrected chi connectivity index (χ2v) is 8.13. The minimum Gasteiger partial charge on any atom is -0.493 e. The molecule has 7 nitrogen and oxygen atoms in total. The number of benzene rings is 2. The number of carbonyl (C=O) groups excluding carboxylic acids is 1. The molecule has 1 amide bonds. The van der Waals surface area contributed by atoms with Crippen molar-refractivity contribution in [2.45, 2.75) is 30.2 Å². The Bertz CT molecular complexity index is 1200. The average molecular weight is 456 g/mol. The van der Waals surface area contributed by atoms with E-state index >= 15 is 0 Å². The third kappa shape index (κ3) is 4.47. The van der Waals surface area contributed by atoms with Crippen LogP contribution in [-0.4, -0.2) is 29.6 Å². The summed E-state index contributed by atoms with van der Waals surface area (Å²) in [5, 5.41) is 3.09. The zero-order valence-electron chi connectivity index (χ0n) is 17.6. The molecule has 1 atom stereocenters. The van der Waals surface area contributed by atoms with E-state index in [1.54, 1.807) is 31.4 Å². The molecule has 32 heavy (non-hydrogen) atoms. The van der Waals surface area contributed by atoms with Gasteiger partial charge in [-0.1, -0.05) is 36.0 Å². The van der Waals surface area contributed by atoms with E-state index in [1.807, 2.05) is 13.0 Å². The molecule has 0 saturated heterocycles. The Morgan fingerprint density at radius 3 is 2.69 bits per heavy atom. The number of rotatable bonds is 7. The largest absolute Gasteiger partial charge is 0.493 e. The Kier molecular flexibility index (Phi) is 6.45. The summed E-state index contributed by atoms with van der Waals surface area (Å²) in [5.74, 6) is 0.705. The van der Waals surface area contributed by atoms with Crippen molar-refractivity contribution < 1.29 is 18.7 Å². The summed E-state index contributed by atoms with van der Waals surface area (Å²) >= 11 is 1.30. The van der Waals surface area contributed by atoms with Crippen LogP contribution in [0.4, 0.5) is 10.2 Å². The van der Waals surface area contributed by atoms with E-state index in [4.69, 9.17) is 9.47 Å². The zero-order chi connectivity index (χ0) is 22.7. The first-order chi connectivity index (χ1) is 15.5. The molecule has 1 aliphatic rings. The average Bonchev–Trinajstić information content (AvgIpc) is 2.78. The molecule has 2 heterocycles. The van der Waals surface area contributed by atoms with Gasteiger partial charge in [0.25, 0.3) is 5.56 Å². The lowest BCUT2D eigenvalue weighted by Crippen LogP contribution is -2.31. The lowest BCUT2D eigenvalue weighted by Gasteiger charge is -2.26. The fourth-order valence-corrected chi connectivity index (χ4v) is 4.50. The summed E-state index contributed by atoms with van der Waals surface area (Å²) in [7, 11) is 1.54. The first kappa shape index (κ1) is 21.9. The van der Waals surface area contributed by atoms with E-state index in [0.717, 1.165) is 5.56 Å². The second kappa shape index (κ2) is 9.44. The molecule has 1 aliphatic heterocycles. The number of ether oxygens (including phenoxy) is 2. The molecule has 0 aliphatic carbocycles. The zero-order valence-corrected chi connectivity index (χ0v) is 18.4. The first-order valence-corrected chi connectivity index (χ1v) is 11.1. The molecule has 2 N–H and O–H groups in total. The molecule has 1 aromatic heterocycles. The van der Waals surface area contributed by atoms with Crippen LogP contribution in [0.2, 0.25) is 0 Å². The number of thioether (sulfide) groups is 1. The molecule has 0 unspecified atom stereocenters. The number of carbonyl (C=O) groups is 1. The van der Waals surface area contributed by atoms with Crippen LogP contribution in [0.15, 0.2) is 52.4 Å². The molecule has 0 fully saturated rings. The summed E-state index contributed by atoms with van der Waals surface area (Å²) < 4.78 is 24.3. The predicted octanol–water partition coefficient (Wildman–Crippen LogP) is 4.08. The number of H-pyrrole nitrogens is 1. The highest BCUT2D eigenvalue weighted by Gasteiger charge is 2.33. The monoisotopic (exact) mass is 455 g/mol. The summed E-state index contributed by atoms with van der Waals surface area (Å²) in [5.41, 5.74) is 1.63. The number of anilines is 1. The van der Waals surface area contributed by atoms with Gasteiger partial charge in [-0.3, -0.25) is 9.59 Å². The number of halogens is 1. The van der Waals surface area contributed by atoms with Gasteiger partial charge in [0.2, 0.25) is 5.91 Å². The standard InChI is InChI=1S/C23H22FN3O4S/c1-3-31-20-15(5-4-6-17(20)30-2)16-11-18(28)25-21-19(16)22(29)27-23(26-21)32-12-13-7-9-14(24)10-8-13/h4-10,16H,3,11-12H2,1-2H3,(H2,25,26,27,28,29)/t16-/m1/s1. The number of amides is 1. The molecule has 3 aromatic rings. The van der Waals surface area contributed by atoms with Gasteiger partial charge in [-0.15, -0.1) is 0 Å². The van der Waals surface area contributed by atoms with Crippen molar-refractivity contribution in [3.05, 3.63) is 75.3 Å². The number of hydrogen-bond donors (Lipinski definition) is 2. The van der Waals surface area contributed by atoms with Crippen LogP contribution in [0.25, 0.3) is 0 Å². The van der Waals surface area contributed by atoms with Gasteiger partial charge < -0.3 is 19.8 Å². The van der Waals surface area contributed by atoms with E-state index < -0.39 is 5.92 Å². The van der Waals surface area contributed by atoms with Crippen molar-refractivity contribution in [1.29, 1.82) is 0 Å². The maximum Gasteiger partial charge on any atom is 0.257 e. The maximum absolute atomic E-state index is 13.1. The molecule has 0 radical (unpaired) electrons. The Morgan fingerprint density at radius 1 is 1.19 bits per heavy atom. The lowest BCUT2D eigenvalue weighted by atomic mass is 9.86. The maximum atomic E-state index is 13.1. The lowest BCUT2D eigenvalue weighted by molar-refractivity contribution is -0.116.